The molecule has 1 saturated heterocycles. The number of hydrogen-bond donors (Lipinski definition) is 0. The van der Waals surface area contributed by atoms with Gasteiger partial charge in [0.15, 0.2) is 0 Å². The highest BCUT2D eigenvalue weighted by molar-refractivity contribution is 6.43. The van der Waals surface area contributed by atoms with Crippen LogP contribution >= 0.6 is 23.2 Å². The molecule has 4 heteroatoms. The van der Waals surface area contributed by atoms with E-state index < -0.39 is 0 Å². The molecule has 0 atom stereocenters. The fourth-order valence-corrected chi connectivity index (χ4v) is 1.96. The molecular weight excluding hydrogens is 221 g/mol. The molecule has 0 spiro atoms. The molecule has 0 bridgehead atoms. The van der Waals surface area contributed by atoms with E-state index >= 15 is 0 Å². The van der Waals surface area contributed by atoms with Crippen LogP contribution in [0.3, 0.4) is 0 Å². The van der Waals surface area contributed by atoms with Crippen molar-refractivity contribution >= 4 is 28.9 Å². The number of benzene rings is 1. The van der Waals surface area contributed by atoms with Gasteiger partial charge >= 0.3 is 0 Å². The molecule has 1 heterocycles. The van der Waals surface area contributed by atoms with Gasteiger partial charge in [0.1, 0.15) is 0 Å². The van der Waals surface area contributed by atoms with Crippen LogP contribution in [0.2, 0.25) is 10.0 Å². The lowest BCUT2D eigenvalue weighted by Crippen LogP contribution is -2.36. The third-order valence-corrected chi connectivity index (χ3v) is 3.09. The van der Waals surface area contributed by atoms with Crippen molar-refractivity contribution in [1.82, 2.24) is 0 Å². The topological polar surface area (TPSA) is 12.5 Å². The number of anilines is 1. The van der Waals surface area contributed by atoms with Gasteiger partial charge in [0.05, 0.1) is 28.9 Å². The van der Waals surface area contributed by atoms with Crippen molar-refractivity contribution in [3.8, 4) is 0 Å². The maximum Gasteiger partial charge on any atom is 0.0825 e. The Bertz CT molecular complexity index is 324. The summed E-state index contributed by atoms with van der Waals surface area (Å²) in [7, 11) is 0. The van der Waals surface area contributed by atoms with Gasteiger partial charge in [-0.2, -0.15) is 0 Å². The second-order valence-corrected chi connectivity index (χ2v) is 3.96. The van der Waals surface area contributed by atoms with Gasteiger partial charge in [-0.15, -0.1) is 0 Å². The minimum Gasteiger partial charge on any atom is -0.378 e. The Labute approximate surface area is 93.4 Å². The van der Waals surface area contributed by atoms with Crippen LogP contribution in [0.5, 0.6) is 0 Å². The molecule has 0 radical (unpaired) electrons. The van der Waals surface area contributed by atoms with Crippen LogP contribution in [0.15, 0.2) is 18.2 Å². The molecule has 1 aliphatic rings. The van der Waals surface area contributed by atoms with Crippen molar-refractivity contribution in [2.45, 2.75) is 0 Å². The van der Waals surface area contributed by atoms with E-state index in [1.54, 1.807) is 6.07 Å². The first-order chi connectivity index (χ1) is 6.79. The van der Waals surface area contributed by atoms with Crippen LogP contribution in [-0.2, 0) is 4.74 Å². The van der Waals surface area contributed by atoms with Gasteiger partial charge in [-0.1, -0.05) is 29.3 Å². The summed E-state index contributed by atoms with van der Waals surface area (Å²) in [6.45, 7) is 3.26. The van der Waals surface area contributed by atoms with Gasteiger partial charge in [0, 0.05) is 13.1 Å². The van der Waals surface area contributed by atoms with E-state index in [0.29, 0.717) is 10.0 Å². The molecule has 2 nitrogen and oxygen atoms in total. The van der Waals surface area contributed by atoms with Gasteiger partial charge in [0.2, 0.25) is 0 Å². The molecule has 0 amide bonds. The molecule has 0 saturated carbocycles. The number of morpholine rings is 1. The van der Waals surface area contributed by atoms with Crippen molar-refractivity contribution in [1.29, 1.82) is 0 Å². The second kappa shape index (κ2) is 4.39. The van der Waals surface area contributed by atoms with Gasteiger partial charge in [0.25, 0.3) is 0 Å². The van der Waals surface area contributed by atoms with Crippen LogP contribution in [-0.4, -0.2) is 26.3 Å². The molecule has 0 aromatic heterocycles. The van der Waals surface area contributed by atoms with E-state index in [4.69, 9.17) is 27.9 Å². The van der Waals surface area contributed by atoms with E-state index in [1.807, 2.05) is 12.1 Å². The molecule has 2 rings (SSSR count). The Morgan fingerprint density at radius 1 is 1.14 bits per heavy atom. The number of halogens is 2. The fraction of sp³-hybridized carbons (Fsp3) is 0.400. The Hall–Kier alpha value is -0.440. The maximum atomic E-state index is 6.11. The minimum absolute atomic E-state index is 0.607. The zero-order valence-electron chi connectivity index (χ0n) is 7.67. The quantitative estimate of drug-likeness (QED) is 0.738. The molecule has 1 aliphatic heterocycles. The summed E-state index contributed by atoms with van der Waals surface area (Å²) in [5.74, 6) is 0. The average Bonchev–Trinajstić information content (AvgIpc) is 2.23. The molecule has 1 aromatic carbocycles. The first-order valence-electron chi connectivity index (χ1n) is 4.56. The molecule has 0 aliphatic carbocycles. The Balaban J connectivity index is 2.26. The third-order valence-electron chi connectivity index (χ3n) is 2.28. The minimum atomic E-state index is 0.607. The van der Waals surface area contributed by atoms with Crippen molar-refractivity contribution < 1.29 is 4.74 Å². The number of nitrogens with zero attached hydrogens (tertiary/aromatic N) is 1. The lowest BCUT2D eigenvalue weighted by Gasteiger charge is -2.29. The van der Waals surface area contributed by atoms with E-state index in [0.717, 1.165) is 32.0 Å². The molecule has 0 unspecified atom stereocenters. The van der Waals surface area contributed by atoms with Crippen molar-refractivity contribution in [3.05, 3.63) is 28.2 Å². The van der Waals surface area contributed by atoms with Crippen LogP contribution in [0.25, 0.3) is 0 Å². The molecule has 14 heavy (non-hydrogen) atoms. The zero-order chi connectivity index (χ0) is 9.97. The highest BCUT2D eigenvalue weighted by atomic mass is 35.5. The van der Waals surface area contributed by atoms with Crippen LogP contribution < -0.4 is 4.90 Å². The molecular formula is C10H11Cl2NO. The SMILES string of the molecule is Clc1cccc(N2CCOCC2)c1Cl. The Morgan fingerprint density at radius 3 is 2.57 bits per heavy atom. The van der Waals surface area contributed by atoms with Crippen molar-refractivity contribution in [2.24, 2.45) is 0 Å². The van der Waals surface area contributed by atoms with Gasteiger partial charge in [-0.05, 0) is 12.1 Å². The fourth-order valence-electron chi connectivity index (χ4n) is 1.54. The number of ether oxygens (including phenoxy) is 1. The van der Waals surface area contributed by atoms with Crippen molar-refractivity contribution in [3.63, 3.8) is 0 Å². The van der Waals surface area contributed by atoms with Crippen LogP contribution in [0, 0.1) is 0 Å². The van der Waals surface area contributed by atoms with Crippen LogP contribution in [0.1, 0.15) is 0 Å². The molecule has 76 valence electrons. The maximum absolute atomic E-state index is 6.11. The van der Waals surface area contributed by atoms with Gasteiger partial charge in [-0.3, -0.25) is 0 Å². The number of rotatable bonds is 1. The summed E-state index contributed by atoms with van der Waals surface area (Å²) in [6.07, 6.45) is 0. The molecule has 0 N–H and O–H groups in total. The Kier molecular flexibility index (Phi) is 3.16. The average molecular weight is 232 g/mol. The predicted molar refractivity (Wildman–Crippen MR) is 59.5 cm³/mol. The summed E-state index contributed by atoms with van der Waals surface area (Å²) in [6, 6.07) is 5.70. The normalized spacial score (nSPS) is 17.1. The van der Waals surface area contributed by atoms with E-state index in [9.17, 15) is 0 Å². The smallest absolute Gasteiger partial charge is 0.0825 e. The highest BCUT2D eigenvalue weighted by Crippen LogP contribution is 2.32. The summed E-state index contributed by atoms with van der Waals surface area (Å²) >= 11 is 12.1. The monoisotopic (exact) mass is 231 g/mol. The first kappa shape index (κ1) is 10.1. The first-order valence-corrected chi connectivity index (χ1v) is 5.31. The Morgan fingerprint density at radius 2 is 1.86 bits per heavy atom. The van der Waals surface area contributed by atoms with E-state index in [-0.39, 0.29) is 0 Å². The van der Waals surface area contributed by atoms with Gasteiger partial charge < -0.3 is 9.64 Å². The zero-order valence-corrected chi connectivity index (χ0v) is 9.18. The number of hydrogen-bond acceptors (Lipinski definition) is 2. The molecule has 1 fully saturated rings. The van der Waals surface area contributed by atoms with E-state index in [2.05, 4.69) is 4.90 Å². The third kappa shape index (κ3) is 1.97. The summed E-state index contributed by atoms with van der Waals surface area (Å²) in [5.41, 5.74) is 1.00. The van der Waals surface area contributed by atoms with E-state index in [1.165, 1.54) is 0 Å². The molecule has 1 aromatic rings. The summed E-state index contributed by atoms with van der Waals surface area (Å²) in [4.78, 5) is 2.19. The van der Waals surface area contributed by atoms with Crippen LogP contribution in [0.4, 0.5) is 5.69 Å². The lowest BCUT2D eigenvalue weighted by atomic mass is 10.2. The summed E-state index contributed by atoms with van der Waals surface area (Å²) < 4.78 is 5.27. The van der Waals surface area contributed by atoms with Crippen molar-refractivity contribution in [2.75, 3.05) is 31.2 Å². The standard InChI is InChI=1S/C10H11Cl2NO/c11-8-2-1-3-9(10(8)12)13-4-6-14-7-5-13/h1-3H,4-7H2. The van der Waals surface area contributed by atoms with Gasteiger partial charge in [-0.25, -0.2) is 0 Å². The summed E-state index contributed by atoms with van der Waals surface area (Å²) in [5, 5.41) is 1.24. The second-order valence-electron chi connectivity index (χ2n) is 3.17. The highest BCUT2D eigenvalue weighted by Gasteiger charge is 2.14. The predicted octanol–water partition coefficient (Wildman–Crippen LogP) is 2.83. The lowest BCUT2D eigenvalue weighted by molar-refractivity contribution is 0.122. The largest absolute Gasteiger partial charge is 0.378 e.